The zero-order chi connectivity index (χ0) is 16.2. The number of nitrogens with two attached hydrogens (primary N) is 1. The number of nitrogens with one attached hydrogen (secondary N) is 1. The van der Waals surface area contributed by atoms with Crippen molar-refractivity contribution in [3.05, 3.63) is 47.2 Å². The molecule has 3 rings (SSSR count). The summed E-state index contributed by atoms with van der Waals surface area (Å²) in [5, 5.41) is 3.66. The van der Waals surface area contributed by atoms with Gasteiger partial charge in [-0.3, -0.25) is 10.1 Å². The first-order valence-corrected chi connectivity index (χ1v) is 8.32. The first kappa shape index (κ1) is 16.0. The molecular formula is C17H21ClN4O. The Kier molecular flexibility index (Phi) is 4.98. The molecule has 1 aromatic carbocycles. The average Bonchev–Trinajstić information content (AvgIpc) is 3.19. The Labute approximate surface area is 140 Å². The van der Waals surface area contributed by atoms with E-state index in [1.807, 2.05) is 35.0 Å². The lowest BCUT2D eigenvalue weighted by molar-refractivity contribution is -0.120. The number of carbonyl (C=O) groups excluding carboxylic acids is 1. The van der Waals surface area contributed by atoms with E-state index in [4.69, 9.17) is 17.3 Å². The van der Waals surface area contributed by atoms with E-state index in [2.05, 4.69) is 10.3 Å². The third-order valence-corrected chi connectivity index (χ3v) is 4.92. The van der Waals surface area contributed by atoms with Crippen LogP contribution >= 0.6 is 11.6 Å². The molecule has 1 heterocycles. The lowest BCUT2D eigenvalue weighted by atomic mass is 9.95. The fraction of sp³-hybridized carbons (Fsp3) is 0.412. The lowest BCUT2D eigenvalue weighted by Gasteiger charge is -2.17. The predicted molar refractivity (Wildman–Crippen MR) is 91.3 cm³/mol. The second kappa shape index (κ2) is 7.15. The monoisotopic (exact) mass is 332 g/mol. The van der Waals surface area contributed by atoms with Gasteiger partial charge in [0.1, 0.15) is 0 Å². The Hall–Kier alpha value is -1.85. The number of amides is 1. The minimum absolute atomic E-state index is 0.00883. The summed E-state index contributed by atoms with van der Waals surface area (Å²) in [7, 11) is 0. The van der Waals surface area contributed by atoms with E-state index < -0.39 is 0 Å². The van der Waals surface area contributed by atoms with Crippen molar-refractivity contribution in [2.75, 3.05) is 11.9 Å². The van der Waals surface area contributed by atoms with Gasteiger partial charge >= 0.3 is 0 Å². The number of anilines is 1. The van der Waals surface area contributed by atoms with Gasteiger partial charge in [-0.25, -0.2) is 4.98 Å². The lowest BCUT2D eigenvalue weighted by Crippen LogP contribution is -2.30. The van der Waals surface area contributed by atoms with Crippen molar-refractivity contribution in [1.82, 2.24) is 9.55 Å². The van der Waals surface area contributed by atoms with Crippen LogP contribution in [0, 0.1) is 11.8 Å². The summed E-state index contributed by atoms with van der Waals surface area (Å²) < 4.78 is 1.89. The zero-order valence-electron chi connectivity index (χ0n) is 12.9. The molecule has 1 aromatic heterocycles. The summed E-state index contributed by atoms with van der Waals surface area (Å²) in [6.45, 7) is 1.13. The molecule has 0 bridgehead atoms. The summed E-state index contributed by atoms with van der Waals surface area (Å²) in [4.78, 5) is 16.8. The van der Waals surface area contributed by atoms with Gasteiger partial charge in [-0.15, -0.1) is 0 Å². The van der Waals surface area contributed by atoms with Crippen molar-refractivity contribution < 1.29 is 4.79 Å². The van der Waals surface area contributed by atoms with Crippen LogP contribution in [0.1, 0.15) is 24.8 Å². The van der Waals surface area contributed by atoms with E-state index in [1.165, 1.54) is 0 Å². The molecule has 0 spiro atoms. The number of nitrogens with zero attached hydrogens (tertiary/aromatic N) is 2. The van der Waals surface area contributed by atoms with Crippen molar-refractivity contribution in [1.29, 1.82) is 0 Å². The summed E-state index contributed by atoms with van der Waals surface area (Å²) in [6, 6.07) is 7.67. The highest BCUT2D eigenvalue weighted by atomic mass is 35.5. The van der Waals surface area contributed by atoms with E-state index >= 15 is 0 Å². The molecule has 1 fully saturated rings. The number of hydrogen-bond donors (Lipinski definition) is 2. The van der Waals surface area contributed by atoms with E-state index in [9.17, 15) is 4.79 Å². The van der Waals surface area contributed by atoms with Gasteiger partial charge in [-0.2, -0.15) is 0 Å². The molecule has 0 radical (unpaired) electrons. The Morgan fingerprint density at radius 3 is 3.00 bits per heavy atom. The highest BCUT2D eigenvalue weighted by Gasteiger charge is 2.32. The van der Waals surface area contributed by atoms with Crippen LogP contribution in [0.25, 0.3) is 0 Å². The van der Waals surface area contributed by atoms with Crippen LogP contribution in [-0.2, 0) is 11.3 Å². The van der Waals surface area contributed by atoms with Gasteiger partial charge in [0.15, 0.2) is 0 Å². The maximum absolute atomic E-state index is 12.5. The molecule has 1 aliphatic carbocycles. The molecule has 0 unspecified atom stereocenters. The smallest absolute Gasteiger partial charge is 0.230 e. The molecule has 2 aromatic rings. The number of aromatic nitrogens is 2. The van der Waals surface area contributed by atoms with Crippen molar-refractivity contribution in [2.24, 2.45) is 17.6 Å². The van der Waals surface area contributed by atoms with E-state index in [1.54, 1.807) is 6.20 Å². The molecule has 0 saturated heterocycles. The molecule has 1 saturated carbocycles. The Balaban J connectivity index is 1.71. The Morgan fingerprint density at radius 1 is 1.39 bits per heavy atom. The molecule has 23 heavy (non-hydrogen) atoms. The minimum atomic E-state index is -0.00883. The van der Waals surface area contributed by atoms with Crippen molar-refractivity contribution in [2.45, 2.75) is 25.8 Å². The number of imidazole rings is 1. The Bertz CT molecular complexity index is 685. The van der Waals surface area contributed by atoms with E-state index in [0.717, 1.165) is 24.8 Å². The number of benzene rings is 1. The highest BCUT2D eigenvalue weighted by molar-refractivity contribution is 6.31. The van der Waals surface area contributed by atoms with Crippen LogP contribution in [0.2, 0.25) is 5.02 Å². The number of hydrogen-bond acceptors (Lipinski definition) is 3. The number of carbonyl (C=O) groups is 1. The van der Waals surface area contributed by atoms with Gasteiger partial charge in [0.05, 0.1) is 6.54 Å². The predicted octanol–water partition coefficient (Wildman–Crippen LogP) is 2.90. The van der Waals surface area contributed by atoms with Crippen LogP contribution < -0.4 is 11.1 Å². The second-order valence-corrected chi connectivity index (χ2v) is 6.40. The van der Waals surface area contributed by atoms with Crippen LogP contribution in [0.3, 0.4) is 0 Å². The highest BCUT2D eigenvalue weighted by Crippen LogP contribution is 2.31. The van der Waals surface area contributed by atoms with Gasteiger partial charge in [-0.05, 0) is 36.9 Å². The normalized spacial score (nSPS) is 20.6. The molecule has 5 nitrogen and oxygen atoms in total. The van der Waals surface area contributed by atoms with E-state index in [0.29, 0.717) is 24.1 Å². The van der Waals surface area contributed by atoms with Gasteiger partial charge < -0.3 is 10.3 Å². The van der Waals surface area contributed by atoms with Crippen LogP contribution in [0.5, 0.6) is 0 Å². The summed E-state index contributed by atoms with van der Waals surface area (Å²) in [6.07, 6.45) is 6.52. The molecule has 0 aliphatic heterocycles. The summed E-state index contributed by atoms with van der Waals surface area (Å²) in [5.41, 5.74) is 6.76. The fourth-order valence-corrected chi connectivity index (χ4v) is 3.43. The summed E-state index contributed by atoms with van der Waals surface area (Å²) in [5.74, 6) is 0.842. The maximum atomic E-state index is 12.5. The first-order valence-electron chi connectivity index (χ1n) is 7.94. The van der Waals surface area contributed by atoms with Crippen LogP contribution in [-0.4, -0.2) is 22.0 Å². The van der Waals surface area contributed by atoms with Crippen molar-refractivity contribution >= 4 is 23.5 Å². The SMILES string of the molecule is NC[C@H]1CCC[C@H]1C(=O)Nc1nccn1Cc1ccccc1Cl. The largest absolute Gasteiger partial charge is 0.330 e. The van der Waals surface area contributed by atoms with Gasteiger partial charge in [-0.1, -0.05) is 36.2 Å². The number of halogens is 1. The first-order chi connectivity index (χ1) is 11.2. The molecule has 1 aliphatic rings. The molecule has 3 N–H and O–H groups in total. The van der Waals surface area contributed by atoms with Crippen LogP contribution in [0.4, 0.5) is 5.95 Å². The number of rotatable bonds is 5. The third kappa shape index (κ3) is 3.57. The van der Waals surface area contributed by atoms with Crippen LogP contribution in [0.15, 0.2) is 36.7 Å². The molecular weight excluding hydrogens is 312 g/mol. The minimum Gasteiger partial charge on any atom is -0.330 e. The average molecular weight is 333 g/mol. The van der Waals surface area contributed by atoms with E-state index in [-0.39, 0.29) is 17.7 Å². The molecule has 2 atom stereocenters. The third-order valence-electron chi connectivity index (χ3n) is 4.55. The molecule has 1 amide bonds. The Morgan fingerprint density at radius 2 is 2.22 bits per heavy atom. The van der Waals surface area contributed by atoms with Gasteiger partial charge in [0, 0.05) is 23.3 Å². The topological polar surface area (TPSA) is 72.9 Å². The van der Waals surface area contributed by atoms with Crippen molar-refractivity contribution in [3.8, 4) is 0 Å². The maximum Gasteiger partial charge on any atom is 0.230 e. The zero-order valence-corrected chi connectivity index (χ0v) is 13.7. The van der Waals surface area contributed by atoms with Crippen molar-refractivity contribution in [3.63, 3.8) is 0 Å². The van der Waals surface area contributed by atoms with Gasteiger partial charge in [0.2, 0.25) is 11.9 Å². The van der Waals surface area contributed by atoms with Gasteiger partial charge in [0.25, 0.3) is 0 Å². The molecule has 6 heteroatoms. The standard InChI is InChI=1S/C17H21ClN4O/c18-15-7-2-1-4-13(15)11-22-9-8-20-17(22)21-16(23)14-6-3-5-12(14)10-19/h1-2,4,7-9,12,14H,3,5-6,10-11,19H2,(H,20,21,23)/t12-,14-/m1/s1. The quantitative estimate of drug-likeness (QED) is 0.884. The molecule has 122 valence electrons. The fourth-order valence-electron chi connectivity index (χ4n) is 3.24. The second-order valence-electron chi connectivity index (χ2n) is 5.99. The summed E-state index contributed by atoms with van der Waals surface area (Å²) >= 11 is 6.21.